The van der Waals surface area contributed by atoms with Gasteiger partial charge < -0.3 is 10.5 Å². The molecule has 0 aromatic carbocycles. The Hall–Kier alpha value is -1.30. The van der Waals surface area contributed by atoms with Crippen molar-refractivity contribution in [3.63, 3.8) is 0 Å². The van der Waals surface area contributed by atoms with E-state index in [1.165, 1.54) is 19.2 Å². The summed E-state index contributed by atoms with van der Waals surface area (Å²) in [5.41, 5.74) is 5.78. The second-order valence-corrected chi connectivity index (χ2v) is 4.48. The standard InChI is InChI=1S/C7H10N2O3S/c1-12-7-5(8)3-4-6(9-7)13(2,10)11/h3-4H,8H2,1-2H3. The summed E-state index contributed by atoms with van der Waals surface area (Å²) in [4.78, 5) is 3.73. The van der Waals surface area contributed by atoms with Gasteiger partial charge in [-0.3, -0.25) is 0 Å². The Morgan fingerprint density at radius 3 is 2.54 bits per heavy atom. The van der Waals surface area contributed by atoms with Crippen molar-refractivity contribution in [1.29, 1.82) is 0 Å². The second kappa shape index (κ2) is 3.21. The van der Waals surface area contributed by atoms with Crippen LogP contribution in [0.5, 0.6) is 5.88 Å². The maximum atomic E-state index is 11.1. The van der Waals surface area contributed by atoms with Crippen LogP contribution in [0.2, 0.25) is 0 Å². The molecule has 6 heteroatoms. The molecule has 0 radical (unpaired) electrons. The van der Waals surface area contributed by atoms with E-state index in [1.807, 2.05) is 0 Å². The topological polar surface area (TPSA) is 82.3 Å². The van der Waals surface area contributed by atoms with Gasteiger partial charge in [-0.2, -0.15) is 4.98 Å². The van der Waals surface area contributed by atoms with Crippen LogP contribution in [-0.2, 0) is 9.84 Å². The second-order valence-electron chi connectivity index (χ2n) is 2.52. The summed E-state index contributed by atoms with van der Waals surface area (Å²) in [5.74, 6) is 0.128. The van der Waals surface area contributed by atoms with Crippen LogP contribution in [0, 0.1) is 0 Å². The lowest BCUT2D eigenvalue weighted by atomic mass is 10.4. The number of rotatable bonds is 2. The summed E-state index contributed by atoms with van der Waals surface area (Å²) in [6.07, 6.45) is 1.07. The Balaban J connectivity index is 3.30. The van der Waals surface area contributed by atoms with Crippen molar-refractivity contribution >= 4 is 15.5 Å². The van der Waals surface area contributed by atoms with E-state index in [1.54, 1.807) is 0 Å². The number of methoxy groups -OCH3 is 1. The lowest BCUT2D eigenvalue weighted by Crippen LogP contribution is -2.03. The van der Waals surface area contributed by atoms with Crippen molar-refractivity contribution in [3.8, 4) is 5.88 Å². The Kier molecular flexibility index (Phi) is 2.42. The predicted octanol–water partition coefficient (Wildman–Crippen LogP) is 0.0759. The molecule has 1 aromatic heterocycles. The lowest BCUT2D eigenvalue weighted by molar-refractivity contribution is 0.396. The predicted molar refractivity (Wildman–Crippen MR) is 48.3 cm³/mol. The fraction of sp³-hybridized carbons (Fsp3) is 0.286. The lowest BCUT2D eigenvalue weighted by Gasteiger charge is -2.04. The highest BCUT2D eigenvalue weighted by atomic mass is 32.2. The minimum absolute atomic E-state index is 0.0430. The first-order valence-corrected chi connectivity index (χ1v) is 5.35. The molecule has 0 spiro atoms. The smallest absolute Gasteiger partial charge is 0.238 e. The molecule has 0 aliphatic carbocycles. The van der Waals surface area contributed by atoms with E-state index in [0.717, 1.165) is 6.26 Å². The summed E-state index contributed by atoms with van der Waals surface area (Å²) in [7, 11) is -1.92. The van der Waals surface area contributed by atoms with Crippen LogP contribution >= 0.6 is 0 Å². The number of ether oxygens (including phenoxy) is 1. The number of nitrogens with zero attached hydrogens (tertiary/aromatic N) is 1. The molecule has 5 nitrogen and oxygen atoms in total. The van der Waals surface area contributed by atoms with Crippen molar-refractivity contribution in [2.75, 3.05) is 19.1 Å². The van der Waals surface area contributed by atoms with Gasteiger partial charge in [-0.25, -0.2) is 8.42 Å². The van der Waals surface area contributed by atoms with Crippen molar-refractivity contribution in [1.82, 2.24) is 4.98 Å². The molecule has 0 atom stereocenters. The molecule has 0 aliphatic heterocycles. The number of hydrogen-bond acceptors (Lipinski definition) is 5. The van der Waals surface area contributed by atoms with Gasteiger partial charge in [0.2, 0.25) is 5.88 Å². The summed E-state index contributed by atoms with van der Waals surface area (Å²) in [5, 5.41) is -0.0430. The highest BCUT2D eigenvalue weighted by molar-refractivity contribution is 7.90. The molecule has 0 bridgehead atoms. The van der Waals surface area contributed by atoms with Crippen molar-refractivity contribution < 1.29 is 13.2 Å². The first-order chi connectivity index (χ1) is 5.95. The van der Waals surface area contributed by atoms with Crippen LogP contribution in [0.3, 0.4) is 0 Å². The largest absolute Gasteiger partial charge is 0.479 e. The number of pyridine rings is 1. The number of sulfone groups is 1. The van der Waals surface area contributed by atoms with Crippen LogP contribution in [0.1, 0.15) is 0 Å². The maximum absolute atomic E-state index is 11.1. The fourth-order valence-corrected chi connectivity index (χ4v) is 1.37. The minimum Gasteiger partial charge on any atom is -0.479 e. The van der Waals surface area contributed by atoms with E-state index in [4.69, 9.17) is 10.5 Å². The van der Waals surface area contributed by atoms with E-state index in [2.05, 4.69) is 4.98 Å². The molecule has 0 saturated heterocycles. The summed E-state index contributed by atoms with van der Waals surface area (Å²) in [6, 6.07) is 2.79. The van der Waals surface area contributed by atoms with Crippen LogP contribution < -0.4 is 10.5 Å². The first kappa shape index (κ1) is 9.79. The van der Waals surface area contributed by atoms with Crippen LogP contribution in [-0.4, -0.2) is 26.8 Å². The number of hydrogen-bond donors (Lipinski definition) is 1. The van der Waals surface area contributed by atoms with E-state index in [-0.39, 0.29) is 10.9 Å². The average Bonchev–Trinajstić information content (AvgIpc) is 2.03. The third-order valence-corrected chi connectivity index (χ3v) is 2.42. The molecule has 0 aliphatic rings. The van der Waals surface area contributed by atoms with Gasteiger partial charge in [-0.1, -0.05) is 0 Å². The van der Waals surface area contributed by atoms with Gasteiger partial charge in [-0.15, -0.1) is 0 Å². The molecule has 1 aromatic rings. The first-order valence-electron chi connectivity index (χ1n) is 3.45. The maximum Gasteiger partial charge on any atom is 0.238 e. The molecule has 13 heavy (non-hydrogen) atoms. The van der Waals surface area contributed by atoms with Gasteiger partial charge >= 0.3 is 0 Å². The Bertz CT molecular complexity index is 414. The van der Waals surface area contributed by atoms with Gasteiger partial charge in [0.05, 0.1) is 12.8 Å². The molecule has 0 fully saturated rings. The van der Waals surface area contributed by atoms with Crippen LogP contribution in [0.25, 0.3) is 0 Å². The Morgan fingerprint density at radius 2 is 2.08 bits per heavy atom. The van der Waals surface area contributed by atoms with E-state index in [0.29, 0.717) is 5.69 Å². The third-order valence-electron chi connectivity index (χ3n) is 1.44. The monoisotopic (exact) mass is 202 g/mol. The van der Waals surface area contributed by atoms with Crippen LogP contribution in [0.15, 0.2) is 17.2 Å². The number of nitrogens with two attached hydrogens (primary N) is 1. The molecule has 0 saturated carbocycles. The van der Waals surface area contributed by atoms with E-state index < -0.39 is 9.84 Å². The zero-order valence-corrected chi connectivity index (χ0v) is 8.13. The van der Waals surface area contributed by atoms with Gasteiger partial charge in [0.25, 0.3) is 0 Å². The molecule has 72 valence electrons. The van der Waals surface area contributed by atoms with Crippen molar-refractivity contribution in [2.24, 2.45) is 0 Å². The molecule has 1 rings (SSSR count). The van der Waals surface area contributed by atoms with Crippen molar-refractivity contribution in [2.45, 2.75) is 5.03 Å². The molecule has 2 N–H and O–H groups in total. The highest BCUT2D eigenvalue weighted by Gasteiger charge is 2.11. The number of anilines is 1. The highest BCUT2D eigenvalue weighted by Crippen LogP contribution is 2.19. The quantitative estimate of drug-likeness (QED) is 0.734. The number of nitrogen functional groups attached to an aromatic ring is 1. The minimum atomic E-state index is -3.30. The van der Waals surface area contributed by atoms with Gasteiger partial charge in [0, 0.05) is 6.26 Å². The molecular weight excluding hydrogens is 192 g/mol. The molecule has 0 amide bonds. The summed E-state index contributed by atoms with van der Waals surface area (Å²) < 4.78 is 26.9. The van der Waals surface area contributed by atoms with Crippen molar-refractivity contribution in [3.05, 3.63) is 12.1 Å². The zero-order valence-electron chi connectivity index (χ0n) is 7.31. The summed E-state index contributed by atoms with van der Waals surface area (Å²) >= 11 is 0. The fourth-order valence-electron chi connectivity index (χ4n) is 0.804. The Labute approximate surface area is 76.5 Å². The van der Waals surface area contributed by atoms with E-state index >= 15 is 0 Å². The van der Waals surface area contributed by atoms with Gasteiger partial charge in [0.15, 0.2) is 14.9 Å². The van der Waals surface area contributed by atoms with E-state index in [9.17, 15) is 8.42 Å². The summed E-state index contributed by atoms with van der Waals surface area (Å²) in [6.45, 7) is 0. The van der Waals surface area contributed by atoms with Gasteiger partial charge in [-0.05, 0) is 12.1 Å². The third kappa shape index (κ3) is 2.09. The average molecular weight is 202 g/mol. The SMILES string of the molecule is COc1nc(S(C)(=O)=O)ccc1N. The van der Waals surface area contributed by atoms with Gasteiger partial charge in [0.1, 0.15) is 0 Å². The normalized spacial score (nSPS) is 11.2. The number of aromatic nitrogens is 1. The zero-order chi connectivity index (χ0) is 10.1. The molecule has 1 heterocycles. The molecular formula is C7H10N2O3S. The van der Waals surface area contributed by atoms with Crippen LogP contribution in [0.4, 0.5) is 5.69 Å². The molecule has 0 unspecified atom stereocenters. The Morgan fingerprint density at radius 1 is 1.46 bits per heavy atom.